The minimum absolute atomic E-state index is 0.139. The highest BCUT2D eigenvalue weighted by molar-refractivity contribution is 6.06. The number of rotatable bonds is 8. The van der Waals surface area contributed by atoms with Gasteiger partial charge in [0.1, 0.15) is 17.6 Å². The Balaban J connectivity index is 1.76. The molecule has 0 saturated carbocycles. The van der Waals surface area contributed by atoms with Crippen LogP contribution in [-0.4, -0.2) is 30.9 Å². The van der Waals surface area contributed by atoms with Crippen LogP contribution in [0.1, 0.15) is 40.1 Å². The van der Waals surface area contributed by atoms with Gasteiger partial charge >= 0.3 is 0 Å². The van der Waals surface area contributed by atoms with Crippen molar-refractivity contribution in [1.82, 2.24) is 5.32 Å². The molecule has 0 fully saturated rings. The molecule has 3 amide bonds. The maximum absolute atomic E-state index is 13.5. The van der Waals surface area contributed by atoms with Crippen LogP contribution in [0.4, 0.5) is 15.8 Å². The average Bonchev–Trinajstić information content (AvgIpc) is 2.82. The molecule has 35 heavy (non-hydrogen) atoms. The molecule has 3 aromatic carbocycles. The third-order valence-corrected chi connectivity index (χ3v) is 5.32. The molecule has 8 heteroatoms. The maximum Gasteiger partial charge on any atom is 0.255 e. The van der Waals surface area contributed by atoms with Gasteiger partial charge in [-0.2, -0.15) is 0 Å². The highest BCUT2D eigenvalue weighted by Gasteiger charge is 2.25. The van der Waals surface area contributed by atoms with Gasteiger partial charge in [0.2, 0.25) is 5.91 Å². The van der Waals surface area contributed by atoms with Gasteiger partial charge in [-0.25, -0.2) is 4.39 Å². The molecular weight excluding hydrogens is 449 g/mol. The molecule has 1 atom stereocenters. The molecule has 1 unspecified atom stereocenters. The lowest BCUT2D eigenvalue weighted by atomic mass is 10.0. The van der Waals surface area contributed by atoms with Gasteiger partial charge in [0, 0.05) is 16.8 Å². The number of ether oxygens (including phenoxy) is 1. The Hall–Kier alpha value is -4.20. The van der Waals surface area contributed by atoms with Gasteiger partial charge in [-0.1, -0.05) is 37.6 Å². The topological polar surface area (TPSA) is 96.5 Å². The summed E-state index contributed by atoms with van der Waals surface area (Å²) in [6.07, 6.45) is 0. The van der Waals surface area contributed by atoms with Crippen LogP contribution in [0.25, 0.3) is 0 Å². The molecule has 182 valence electrons. The monoisotopic (exact) mass is 477 g/mol. The molecule has 7 nitrogen and oxygen atoms in total. The minimum Gasteiger partial charge on any atom is -0.495 e. The van der Waals surface area contributed by atoms with E-state index in [0.717, 1.165) is 11.6 Å². The van der Waals surface area contributed by atoms with E-state index in [4.69, 9.17) is 4.74 Å². The lowest BCUT2D eigenvalue weighted by Gasteiger charge is -2.22. The van der Waals surface area contributed by atoms with Gasteiger partial charge in [-0.05, 0) is 61.4 Å². The Morgan fingerprint density at radius 2 is 1.54 bits per heavy atom. The summed E-state index contributed by atoms with van der Waals surface area (Å²) < 4.78 is 18.8. The first-order chi connectivity index (χ1) is 16.7. The first-order valence-electron chi connectivity index (χ1n) is 11.1. The summed E-state index contributed by atoms with van der Waals surface area (Å²) in [5, 5.41) is 8.26. The number of hydrogen-bond acceptors (Lipinski definition) is 4. The second-order valence-corrected chi connectivity index (χ2v) is 8.43. The fourth-order valence-corrected chi connectivity index (χ4v) is 3.47. The van der Waals surface area contributed by atoms with Crippen LogP contribution in [0.2, 0.25) is 0 Å². The zero-order valence-electron chi connectivity index (χ0n) is 20.0. The number of anilines is 2. The Morgan fingerprint density at radius 1 is 0.857 bits per heavy atom. The Labute approximate surface area is 203 Å². The largest absolute Gasteiger partial charge is 0.495 e. The van der Waals surface area contributed by atoms with Crippen molar-refractivity contribution in [3.8, 4) is 5.75 Å². The van der Waals surface area contributed by atoms with E-state index in [1.54, 1.807) is 30.3 Å². The van der Waals surface area contributed by atoms with Crippen LogP contribution in [0.3, 0.4) is 0 Å². The standard InChI is InChI=1S/C27H28FN3O4/c1-16(2)24(31-26(33)18-8-5-7-17(3)13-18)27(34)29-21-11-12-23(35-4)22(15-21)30-25(32)19-9-6-10-20(28)14-19/h5-16,24H,1-4H3,(H,29,34)(H,30,32)(H,31,33). The van der Waals surface area contributed by atoms with Crippen LogP contribution in [0.15, 0.2) is 66.7 Å². The SMILES string of the molecule is COc1ccc(NC(=O)C(NC(=O)c2cccc(C)c2)C(C)C)cc1NC(=O)c1cccc(F)c1. The predicted molar refractivity (Wildman–Crippen MR) is 133 cm³/mol. The minimum atomic E-state index is -0.796. The van der Waals surface area contributed by atoms with E-state index in [1.807, 2.05) is 26.8 Å². The number of amides is 3. The molecule has 0 aliphatic carbocycles. The van der Waals surface area contributed by atoms with Crippen molar-refractivity contribution < 1.29 is 23.5 Å². The predicted octanol–water partition coefficient (Wildman–Crippen LogP) is 4.79. The van der Waals surface area contributed by atoms with Crippen molar-refractivity contribution in [3.63, 3.8) is 0 Å². The lowest BCUT2D eigenvalue weighted by molar-refractivity contribution is -0.118. The number of hydrogen-bond donors (Lipinski definition) is 3. The van der Waals surface area contributed by atoms with Crippen LogP contribution in [-0.2, 0) is 4.79 Å². The number of halogens is 1. The molecule has 0 saturated heterocycles. The molecule has 0 aliphatic heterocycles. The van der Waals surface area contributed by atoms with E-state index >= 15 is 0 Å². The van der Waals surface area contributed by atoms with Gasteiger partial charge < -0.3 is 20.7 Å². The summed E-state index contributed by atoms with van der Waals surface area (Å²) >= 11 is 0. The second-order valence-electron chi connectivity index (χ2n) is 8.43. The highest BCUT2D eigenvalue weighted by atomic mass is 19.1. The average molecular weight is 478 g/mol. The van der Waals surface area contributed by atoms with Crippen molar-refractivity contribution in [2.75, 3.05) is 17.7 Å². The normalized spacial score (nSPS) is 11.5. The number of aryl methyl sites for hydroxylation is 1. The highest BCUT2D eigenvalue weighted by Crippen LogP contribution is 2.28. The fraction of sp³-hybridized carbons (Fsp3) is 0.222. The van der Waals surface area contributed by atoms with Gasteiger partial charge in [0.25, 0.3) is 11.8 Å². The van der Waals surface area contributed by atoms with Gasteiger partial charge in [0.05, 0.1) is 12.8 Å². The van der Waals surface area contributed by atoms with E-state index < -0.39 is 23.7 Å². The van der Waals surface area contributed by atoms with Crippen molar-refractivity contribution >= 4 is 29.1 Å². The van der Waals surface area contributed by atoms with E-state index in [0.29, 0.717) is 22.7 Å². The first-order valence-corrected chi connectivity index (χ1v) is 11.1. The summed E-state index contributed by atoms with van der Waals surface area (Å²) in [5.41, 5.74) is 2.23. The molecule has 3 N–H and O–H groups in total. The van der Waals surface area contributed by atoms with Crippen molar-refractivity contribution in [1.29, 1.82) is 0 Å². The Bertz CT molecular complexity index is 1240. The van der Waals surface area contributed by atoms with Gasteiger partial charge in [0.15, 0.2) is 0 Å². The molecule has 0 aromatic heterocycles. The summed E-state index contributed by atoms with van der Waals surface area (Å²) in [6, 6.07) is 16.4. The summed E-state index contributed by atoms with van der Waals surface area (Å²) in [6.45, 7) is 5.55. The van der Waals surface area contributed by atoms with Crippen LogP contribution >= 0.6 is 0 Å². The summed E-state index contributed by atoms with van der Waals surface area (Å²) in [4.78, 5) is 38.3. The molecule has 0 heterocycles. The molecule has 3 rings (SSSR count). The molecule has 0 bridgehead atoms. The summed E-state index contributed by atoms with van der Waals surface area (Å²) in [5.74, 6) is -1.64. The molecule has 3 aromatic rings. The number of nitrogens with one attached hydrogen (secondary N) is 3. The van der Waals surface area contributed by atoms with Crippen molar-refractivity contribution in [2.24, 2.45) is 5.92 Å². The quantitative estimate of drug-likeness (QED) is 0.435. The first kappa shape index (κ1) is 25.4. The molecular formula is C27H28FN3O4. The van der Waals surface area contributed by atoms with E-state index in [2.05, 4.69) is 16.0 Å². The van der Waals surface area contributed by atoms with Gasteiger partial charge in [-0.3, -0.25) is 14.4 Å². The van der Waals surface area contributed by atoms with Crippen LogP contribution in [0.5, 0.6) is 5.75 Å². The molecule has 0 radical (unpaired) electrons. The third kappa shape index (κ3) is 6.66. The summed E-state index contributed by atoms with van der Waals surface area (Å²) in [7, 11) is 1.45. The van der Waals surface area contributed by atoms with E-state index in [9.17, 15) is 18.8 Å². The number of carbonyl (C=O) groups is 3. The Morgan fingerprint density at radius 3 is 2.17 bits per heavy atom. The number of benzene rings is 3. The number of methoxy groups -OCH3 is 1. The molecule has 0 spiro atoms. The zero-order valence-corrected chi connectivity index (χ0v) is 20.0. The van der Waals surface area contributed by atoms with Crippen LogP contribution in [0, 0.1) is 18.7 Å². The second kappa shape index (κ2) is 11.3. The van der Waals surface area contributed by atoms with E-state index in [-0.39, 0.29) is 17.4 Å². The lowest BCUT2D eigenvalue weighted by Crippen LogP contribution is -2.47. The van der Waals surface area contributed by atoms with Crippen molar-refractivity contribution in [3.05, 3.63) is 89.2 Å². The van der Waals surface area contributed by atoms with Gasteiger partial charge in [-0.15, -0.1) is 0 Å². The van der Waals surface area contributed by atoms with E-state index in [1.165, 1.54) is 31.4 Å². The Kier molecular flexibility index (Phi) is 8.20. The maximum atomic E-state index is 13.5. The number of carbonyl (C=O) groups excluding carboxylic acids is 3. The zero-order chi connectivity index (χ0) is 25.5. The fourth-order valence-electron chi connectivity index (χ4n) is 3.47. The smallest absolute Gasteiger partial charge is 0.255 e. The van der Waals surface area contributed by atoms with Crippen molar-refractivity contribution in [2.45, 2.75) is 26.8 Å². The third-order valence-electron chi connectivity index (χ3n) is 5.32. The molecule has 0 aliphatic rings. The van der Waals surface area contributed by atoms with Crippen LogP contribution < -0.4 is 20.7 Å².